The average Bonchev–Trinajstić information content (AvgIpc) is 0.811. The van der Waals surface area contributed by atoms with Crippen LogP contribution < -0.4 is 0 Å². The van der Waals surface area contributed by atoms with Crippen LogP contribution in [0.5, 0.6) is 0 Å². The van der Waals surface area contributed by atoms with E-state index >= 15 is 0 Å². The summed E-state index contributed by atoms with van der Waals surface area (Å²) in [5.41, 5.74) is 0. The predicted octanol–water partition coefficient (Wildman–Crippen LogP) is 0.0934. The van der Waals surface area contributed by atoms with E-state index in [2.05, 4.69) is 0 Å². The van der Waals surface area contributed by atoms with E-state index in [0.717, 1.165) is 0 Å². The van der Waals surface area contributed by atoms with E-state index in [0.29, 0.717) is 0 Å². The van der Waals surface area contributed by atoms with Crippen LogP contribution in [-0.4, -0.2) is 5.09 Å². The quantitative estimate of drug-likeness (QED) is 0.310. The second-order valence-electron chi connectivity index (χ2n) is 0.224. The fourth-order valence-electron chi connectivity index (χ4n) is 0. The van der Waals surface area contributed by atoms with Crippen molar-refractivity contribution >= 4 is 0 Å². The van der Waals surface area contributed by atoms with Crippen molar-refractivity contribution in [1.29, 1.82) is 0 Å². The predicted molar refractivity (Wildman–Crippen MR) is 13.7 cm³/mol. The minimum Gasteiger partial charge on any atom is -1.00 e. The van der Waals surface area contributed by atoms with Crippen LogP contribution in [0.4, 0.5) is 0 Å². The Balaban J connectivity index is -0.00000000450. The summed E-state index contributed by atoms with van der Waals surface area (Å²) in [5, 5.41) is 14.8. The maximum absolute atomic E-state index is 8.25. The molecule has 0 aromatic rings. The Bertz CT molecular complexity index is 40.0. The van der Waals surface area contributed by atoms with Gasteiger partial charge in [-0.05, 0) is 0 Å². The average molecular weight is 192 g/mol. The second-order valence-corrected chi connectivity index (χ2v) is 0.224. The van der Waals surface area contributed by atoms with E-state index in [1.807, 2.05) is 0 Å². The molecule has 0 amide bonds. The van der Waals surface area contributed by atoms with Crippen LogP contribution in [0.1, 0.15) is 4.28 Å². The Morgan fingerprint density at radius 3 is 1.33 bits per heavy atom. The molecule has 0 rings (SSSR count). The van der Waals surface area contributed by atoms with Gasteiger partial charge in [-0.3, -0.25) is 0 Å². The summed E-state index contributed by atoms with van der Waals surface area (Å²) in [5.74, 6) is 0. The smallest absolute Gasteiger partial charge is 1.00 e. The normalized spacial score (nSPS) is 4.00. The standard InChI is InChI=1S/2Cu.NO3.3H/c;;2-1(3)4;;;/q2*+2;4*-1. The molecule has 6 heavy (non-hydrogen) atoms. The Morgan fingerprint density at radius 1 is 1.33 bits per heavy atom. The van der Waals surface area contributed by atoms with Crippen molar-refractivity contribution in [3.8, 4) is 0 Å². The molecule has 0 aliphatic heterocycles. The van der Waals surface area contributed by atoms with Gasteiger partial charge in [-0.1, -0.05) is 0 Å². The molecular formula is H3Cu2NO3. The van der Waals surface area contributed by atoms with E-state index in [-0.39, 0.29) is 38.4 Å². The van der Waals surface area contributed by atoms with Gasteiger partial charge in [-0.15, -0.1) is 0 Å². The van der Waals surface area contributed by atoms with Gasteiger partial charge in [0.05, 0.1) is 5.09 Å². The van der Waals surface area contributed by atoms with Crippen molar-refractivity contribution in [2.75, 3.05) is 0 Å². The molecule has 0 N–H and O–H groups in total. The number of rotatable bonds is 0. The third-order valence-corrected chi connectivity index (χ3v) is 0. The summed E-state index contributed by atoms with van der Waals surface area (Å²) in [6.45, 7) is 0. The first-order valence-corrected chi connectivity index (χ1v) is 0.548. The van der Waals surface area contributed by atoms with Gasteiger partial charge < -0.3 is 19.6 Å². The molecule has 0 heterocycles. The first-order valence-electron chi connectivity index (χ1n) is 0.548. The molecule has 0 aromatic carbocycles. The Kier molecular flexibility index (Phi) is 24.4. The maximum atomic E-state index is 8.25. The molecule has 0 aliphatic carbocycles. The SMILES string of the molecule is O=[N+]([O-])[O-].[Cu+2].[Cu+2].[H-].[H-].[H-]. The molecule has 6 heteroatoms. The first kappa shape index (κ1) is 16.3. The van der Waals surface area contributed by atoms with Gasteiger partial charge in [-0.2, -0.15) is 0 Å². The van der Waals surface area contributed by atoms with Gasteiger partial charge in [0.15, 0.2) is 0 Å². The van der Waals surface area contributed by atoms with Gasteiger partial charge in [0.2, 0.25) is 0 Å². The number of hydrogen-bond acceptors (Lipinski definition) is 3. The maximum Gasteiger partial charge on any atom is 2.00 e. The summed E-state index contributed by atoms with van der Waals surface area (Å²) < 4.78 is 0. The van der Waals surface area contributed by atoms with Crippen LogP contribution in [0.3, 0.4) is 0 Å². The first-order chi connectivity index (χ1) is 1.73. The van der Waals surface area contributed by atoms with E-state index in [1.54, 1.807) is 0 Å². The third-order valence-electron chi connectivity index (χ3n) is 0. The second kappa shape index (κ2) is 8.97. The molecule has 4 nitrogen and oxygen atoms in total. The van der Waals surface area contributed by atoms with Crippen LogP contribution >= 0.6 is 0 Å². The summed E-state index contributed by atoms with van der Waals surface area (Å²) in [4.78, 5) is 8.25. The minimum absolute atomic E-state index is 0. The fraction of sp³-hybridized carbons (Fsp3) is 0. The zero-order valence-corrected chi connectivity index (χ0v) is 4.16. The van der Waals surface area contributed by atoms with Gasteiger partial charge in [0, 0.05) is 0 Å². The summed E-state index contributed by atoms with van der Waals surface area (Å²) in [6, 6.07) is 0. The molecule has 0 unspecified atom stereocenters. The van der Waals surface area contributed by atoms with Crippen LogP contribution in [0.25, 0.3) is 0 Å². The molecule has 0 spiro atoms. The Hall–Kier alpha value is 0.239. The Labute approximate surface area is 59.4 Å². The monoisotopic (exact) mass is 191 g/mol. The molecule has 0 saturated heterocycles. The van der Waals surface area contributed by atoms with Crippen molar-refractivity contribution in [2.45, 2.75) is 0 Å². The molecule has 0 aromatic heterocycles. The van der Waals surface area contributed by atoms with E-state index in [4.69, 9.17) is 15.3 Å². The van der Waals surface area contributed by atoms with Crippen molar-refractivity contribution in [1.82, 2.24) is 0 Å². The van der Waals surface area contributed by atoms with Gasteiger partial charge in [0.1, 0.15) is 0 Å². The van der Waals surface area contributed by atoms with Gasteiger partial charge in [-0.25, -0.2) is 0 Å². The number of nitrogens with zero attached hydrogens (tertiary/aromatic N) is 1. The molecule has 2 radical (unpaired) electrons. The Morgan fingerprint density at radius 2 is 1.33 bits per heavy atom. The van der Waals surface area contributed by atoms with Gasteiger partial charge >= 0.3 is 34.1 Å². The van der Waals surface area contributed by atoms with E-state index < -0.39 is 5.09 Å². The molecule has 48 valence electrons. The third kappa shape index (κ3) is 779. The van der Waals surface area contributed by atoms with Crippen LogP contribution in [0.2, 0.25) is 0 Å². The zero-order valence-electron chi connectivity index (χ0n) is 5.27. The van der Waals surface area contributed by atoms with E-state index in [9.17, 15) is 0 Å². The largest absolute Gasteiger partial charge is 2.00 e. The van der Waals surface area contributed by atoms with Gasteiger partial charge in [0.25, 0.3) is 0 Å². The summed E-state index contributed by atoms with van der Waals surface area (Å²) >= 11 is 0. The molecular weight excluding hydrogens is 189 g/mol. The van der Waals surface area contributed by atoms with Crippen LogP contribution in [-0.2, 0) is 34.1 Å². The minimum atomic E-state index is -1.75. The van der Waals surface area contributed by atoms with Crippen molar-refractivity contribution in [3.05, 3.63) is 15.3 Å². The van der Waals surface area contributed by atoms with Crippen molar-refractivity contribution in [2.24, 2.45) is 0 Å². The van der Waals surface area contributed by atoms with Crippen molar-refractivity contribution in [3.63, 3.8) is 0 Å². The topological polar surface area (TPSA) is 66.2 Å². The zero-order chi connectivity index (χ0) is 3.58. The van der Waals surface area contributed by atoms with E-state index in [1.165, 1.54) is 0 Å². The van der Waals surface area contributed by atoms with Crippen LogP contribution in [0.15, 0.2) is 0 Å². The van der Waals surface area contributed by atoms with Crippen LogP contribution in [0, 0.1) is 15.3 Å². The molecule has 0 aliphatic rings. The molecule has 0 saturated carbocycles. The molecule has 0 fully saturated rings. The molecule has 0 bridgehead atoms. The number of hydrogen-bond donors (Lipinski definition) is 0. The fourth-order valence-corrected chi connectivity index (χ4v) is 0. The summed E-state index contributed by atoms with van der Waals surface area (Å²) in [6.07, 6.45) is 0. The van der Waals surface area contributed by atoms with Crippen molar-refractivity contribution < 1.29 is 43.5 Å². The molecule has 0 atom stereocenters. The summed E-state index contributed by atoms with van der Waals surface area (Å²) in [7, 11) is 0.